The lowest BCUT2D eigenvalue weighted by Crippen LogP contribution is -2.30. The molecule has 0 saturated carbocycles. The van der Waals surface area contributed by atoms with Crippen LogP contribution >= 0.6 is 11.3 Å². The molecule has 0 atom stereocenters. The molecule has 2 aromatic heterocycles. The van der Waals surface area contributed by atoms with Crippen LogP contribution in [-0.4, -0.2) is 15.9 Å². The van der Waals surface area contributed by atoms with Gasteiger partial charge in [-0.2, -0.15) is 0 Å². The van der Waals surface area contributed by atoms with E-state index in [9.17, 15) is 9.18 Å². The first kappa shape index (κ1) is 16.4. The minimum atomic E-state index is -0.321. The Morgan fingerprint density at radius 2 is 1.85 bits per heavy atom. The van der Waals surface area contributed by atoms with Crippen LogP contribution in [0.4, 0.5) is 9.52 Å². The second-order valence-electron chi connectivity index (χ2n) is 5.69. The Kier molecular flexibility index (Phi) is 4.41. The molecule has 4 rings (SSSR count). The van der Waals surface area contributed by atoms with Crippen LogP contribution in [0, 0.1) is 5.82 Å². The fraction of sp³-hybridized carbons (Fsp3) is 0.0500. The number of carbonyl (C=O) groups is 1. The van der Waals surface area contributed by atoms with Crippen LogP contribution in [-0.2, 0) is 6.54 Å². The molecule has 0 aliphatic heterocycles. The molecule has 0 fully saturated rings. The number of thiazole rings is 1. The van der Waals surface area contributed by atoms with Crippen molar-refractivity contribution in [1.82, 2.24) is 9.97 Å². The molecule has 0 N–H and O–H groups in total. The zero-order chi connectivity index (χ0) is 17.9. The Balaban J connectivity index is 1.77. The van der Waals surface area contributed by atoms with Crippen molar-refractivity contribution >= 4 is 32.6 Å². The van der Waals surface area contributed by atoms with E-state index in [2.05, 4.69) is 9.97 Å². The first-order valence-corrected chi connectivity index (χ1v) is 8.85. The molecule has 6 heteroatoms. The lowest BCUT2D eigenvalue weighted by molar-refractivity contribution is 0.0985. The quantitative estimate of drug-likeness (QED) is 0.529. The molecule has 0 unspecified atom stereocenters. The molecule has 4 aromatic rings. The van der Waals surface area contributed by atoms with Crippen molar-refractivity contribution in [3.63, 3.8) is 0 Å². The van der Waals surface area contributed by atoms with Crippen molar-refractivity contribution in [1.29, 1.82) is 0 Å². The topological polar surface area (TPSA) is 46.1 Å². The summed E-state index contributed by atoms with van der Waals surface area (Å²) in [5.41, 5.74) is 1.98. The summed E-state index contributed by atoms with van der Waals surface area (Å²) in [5.74, 6) is -0.492. The van der Waals surface area contributed by atoms with E-state index in [4.69, 9.17) is 0 Å². The van der Waals surface area contributed by atoms with Gasteiger partial charge in [0, 0.05) is 11.8 Å². The van der Waals surface area contributed by atoms with Crippen LogP contribution < -0.4 is 4.90 Å². The Hall–Kier alpha value is -3.12. The minimum Gasteiger partial charge on any atom is -0.278 e. The number of pyridine rings is 1. The Labute approximate surface area is 153 Å². The molecule has 0 aliphatic rings. The van der Waals surface area contributed by atoms with Crippen molar-refractivity contribution in [3.8, 4) is 0 Å². The zero-order valence-electron chi connectivity index (χ0n) is 13.7. The maximum Gasteiger partial charge on any atom is 0.260 e. The molecule has 0 saturated heterocycles. The summed E-state index contributed by atoms with van der Waals surface area (Å²) in [6.45, 7) is 0.289. The number of benzene rings is 2. The van der Waals surface area contributed by atoms with Crippen LogP contribution in [0.3, 0.4) is 0 Å². The SMILES string of the molecule is O=C(c1ccccc1)N(Cc1ccccn1)c1nc2ccc(F)cc2s1. The molecule has 2 aromatic carbocycles. The number of rotatable bonds is 4. The summed E-state index contributed by atoms with van der Waals surface area (Å²) >= 11 is 1.29. The number of amides is 1. The van der Waals surface area contributed by atoms with Gasteiger partial charge in [-0.15, -0.1) is 0 Å². The van der Waals surface area contributed by atoms with Crippen molar-refractivity contribution < 1.29 is 9.18 Å². The van der Waals surface area contributed by atoms with Crippen LogP contribution in [0.1, 0.15) is 16.1 Å². The summed E-state index contributed by atoms with van der Waals surface area (Å²) < 4.78 is 14.2. The van der Waals surface area contributed by atoms with Gasteiger partial charge in [0.2, 0.25) is 0 Å². The number of fused-ring (bicyclic) bond motifs is 1. The zero-order valence-corrected chi connectivity index (χ0v) is 14.5. The monoisotopic (exact) mass is 363 g/mol. The first-order valence-electron chi connectivity index (χ1n) is 8.03. The van der Waals surface area contributed by atoms with E-state index in [1.165, 1.54) is 23.5 Å². The van der Waals surface area contributed by atoms with Gasteiger partial charge in [-0.25, -0.2) is 9.37 Å². The molecule has 0 spiro atoms. The average molecular weight is 363 g/mol. The van der Waals surface area contributed by atoms with Crippen LogP contribution in [0.15, 0.2) is 72.9 Å². The lowest BCUT2D eigenvalue weighted by Gasteiger charge is -2.19. The van der Waals surface area contributed by atoms with E-state index in [1.54, 1.807) is 29.3 Å². The Bertz CT molecular complexity index is 1050. The second kappa shape index (κ2) is 7.01. The number of aromatic nitrogens is 2. The molecule has 1 amide bonds. The summed E-state index contributed by atoms with van der Waals surface area (Å²) in [6, 6.07) is 19.0. The van der Waals surface area contributed by atoms with Gasteiger partial charge in [-0.05, 0) is 42.5 Å². The molecular weight excluding hydrogens is 349 g/mol. The Morgan fingerprint density at radius 1 is 1.04 bits per heavy atom. The number of carbonyl (C=O) groups excluding carboxylic acids is 1. The Morgan fingerprint density at radius 3 is 2.62 bits per heavy atom. The van der Waals surface area contributed by atoms with Crippen molar-refractivity contribution in [3.05, 3.63) is 90.0 Å². The number of nitrogens with zero attached hydrogens (tertiary/aromatic N) is 3. The van der Waals surface area contributed by atoms with Gasteiger partial charge < -0.3 is 0 Å². The van der Waals surface area contributed by atoms with Gasteiger partial charge in [0.05, 0.1) is 22.5 Å². The third-order valence-corrected chi connectivity index (χ3v) is 4.92. The molecule has 0 bridgehead atoms. The van der Waals surface area contributed by atoms with Crippen LogP contribution in [0.5, 0.6) is 0 Å². The lowest BCUT2D eigenvalue weighted by atomic mass is 10.2. The standard InChI is InChI=1S/C20H14FN3OS/c21-15-9-10-17-18(12-15)26-20(23-17)24(13-16-8-4-5-11-22-16)19(25)14-6-2-1-3-7-14/h1-12H,13H2. The van der Waals surface area contributed by atoms with E-state index in [0.29, 0.717) is 20.9 Å². The highest BCUT2D eigenvalue weighted by Crippen LogP contribution is 2.31. The largest absolute Gasteiger partial charge is 0.278 e. The summed E-state index contributed by atoms with van der Waals surface area (Å²) in [4.78, 5) is 23.5. The number of anilines is 1. The van der Waals surface area contributed by atoms with E-state index >= 15 is 0 Å². The van der Waals surface area contributed by atoms with Gasteiger partial charge in [0.15, 0.2) is 5.13 Å². The third-order valence-electron chi connectivity index (χ3n) is 3.88. The predicted octanol–water partition coefficient (Wildman–Crippen LogP) is 4.68. The van der Waals surface area contributed by atoms with Crippen molar-refractivity contribution in [2.45, 2.75) is 6.54 Å². The number of halogens is 1. The number of hydrogen-bond acceptors (Lipinski definition) is 4. The highest BCUT2D eigenvalue weighted by atomic mass is 32.1. The molecule has 128 valence electrons. The molecule has 4 nitrogen and oxygen atoms in total. The highest BCUT2D eigenvalue weighted by molar-refractivity contribution is 7.22. The van der Waals surface area contributed by atoms with Gasteiger partial charge in [-0.3, -0.25) is 14.7 Å². The van der Waals surface area contributed by atoms with Crippen molar-refractivity contribution in [2.75, 3.05) is 4.90 Å². The van der Waals surface area contributed by atoms with E-state index in [0.717, 1.165) is 5.69 Å². The maximum atomic E-state index is 13.5. The van der Waals surface area contributed by atoms with Gasteiger partial charge in [0.25, 0.3) is 5.91 Å². The number of hydrogen-bond donors (Lipinski definition) is 0. The molecular formula is C20H14FN3OS. The minimum absolute atomic E-state index is 0.171. The third kappa shape index (κ3) is 3.32. The fourth-order valence-electron chi connectivity index (χ4n) is 2.62. The molecule has 0 aliphatic carbocycles. The fourth-order valence-corrected chi connectivity index (χ4v) is 3.61. The second-order valence-corrected chi connectivity index (χ2v) is 6.70. The van der Waals surface area contributed by atoms with E-state index < -0.39 is 0 Å². The van der Waals surface area contributed by atoms with Gasteiger partial charge >= 0.3 is 0 Å². The van der Waals surface area contributed by atoms with Crippen LogP contribution in [0.25, 0.3) is 10.2 Å². The normalized spacial score (nSPS) is 10.8. The maximum absolute atomic E-state index is 13.5. The van der Waals surface area contributed by atoms with E-state index in [1.807, 2.05) is 36.4 Å². The predicted molar refractivity (Wildman–Crippen MR) is 101 cm³/mol. The van der Waals surface area contributed by atoms with Crippen molar-refractivity contribution in [2.24, 2.45) is 0 Å². The molecule has 0 radical (unpaired) electrons. The van der Waals surface area contributed by atoms with Gasteiger partial charge in [0.1, 0.15) is 5.82 Å². The van der Waals surface area contributed by atoms with E-state index in [-0.39, 0.29) is 18.3 Å². The first-order chi connectivity index (χ1) is 12.7. The summed E-state index contributed by atoms with van der Waals surface area (Å²) in [7, 11) is 0. The average Bonchev–Trinajstić information content (AvgIpc) is 3.10. The molecule has 26 heavy (non-hydrogen) atoms. The molecule has 2 heterocycles. The smallest absolute Gasteiger partial charge is 0.260 e. The summed E-state index contributed by atoms with van der Waals surface area (Å²) in [5, 5.41) is 0.519. The summed E-state index contributed by atoms with van der Waals surface area (Å²) in [6.07, 6.45) is 1.69. The van der Waals surface area contributed by atoms with Crippen LogP contribution in [0.2, 0.25) is 0 Å². The highest BCUT2D eigenvalue weighted by Gasteiger charge is 2.22. The van der Waals surface area contributed by atoms with Gasteiger partial charge in [-0.1, -0.05) is 35.6 Å².